The first-order valence-electron chi connectivity index (χ1n) is 5.17. The van der Waals surface area contributed by atoms with E-state index in [2.05, 4.69) is 15.1 Å². The molecule has 0 bridgehead atoms. The molecule has 7 heteroatoms. The summed E-state index contributed by atoms with van der Waals surface area (Å²) in [6.07, 6.45) is 1.30. The van der Waals surface area contributed by atoms with E-state index in [-0.39, 0.29) is 11.4 Å². The number of carbonyl (C=O) groups excluding carboxylic acids is 1. The lowest BCUT2D eigenvalue weighted by atomic mass is 10.2. The van der Waals surface area contributed by atoms with Crippen LogP contribution in [0.2, 0.25) is 0 Å². The maximum Gasteiger partial charge on any atom is 0.254 e. The Balaban J connectivity index is 2.26. The van der Waals surface area contributed by atoms with Crippen molar-refractivity contribution in [3.8, 4) is 0 Å². The van der Waals surface area contributed by atoms with E-state index < -0.39 is 5.91 Å². The van der Waals surface area contributed by atoms with Gasteiger partial charge < -0.3 is 5.73 Å². The van der Waals surface area contributed by atoms with Gasteiger partial charge >= 0.3 is 0 Å². The summed E-state index contributed by atoms with van der Waals surface area (Å²) in [5.74, 6) is -0.537. The second kappa shape index (κ2) is 5.03. The van der Waals surface area contributed by atoms with E-state index in [0.717, 1.165) is 5.56 Å². The minimum Gasteiger partial charge on any atom is -0.383 e. The maximum atomic E-state index is 11.4. The van der Waals surface area contributed by atoms with Crippen molar-refractivity contribution in [2.45, 2.75) is 6.54 Å². The summed E-state index contributed by atoms with van der Waals surface area (Å²) in [5, 5.41) is 6.99. The third-order valence-electron chi connectivity index (χ3n) is 2.42. The van der Waals surface area contributed by atoms with Crippen molar-refractivity contribution >= 4 is 11.7 Å². The van der Waals surface area contributed by atoms with Gasteiger partial charge in [0.2, 0.25) is 0 Å². The molecule has 2 aromatic rings. The molecule has 90 valence electrons. The van der Waals surface area contributed by atoms with Gasteiger partial charge in [0.15, 0.2) is 0 Å². The first-order valence-corrected chi connectivity index (χ1v) is 5.17. The Labute approximate surface area is 102 Å². The van der Waals surface area contributed by atoms with Crippen LogP contribution in [-0.2, 0) is 6.54 Å². The molecule has 7 nitrogen and oxygen atoms in total. The number of benzene rings is 1. The number of anilines is 1. The Kier molecular flexibility index (Phi) is 3.26. The molecule has 0 radical (unpaired) electrons. The molecule has 0 spiro atoms. The molecule has 1 aromatic carbocycles. The van der Waals surface area contributed by atoms with Gasteiger partial charge in [-0.05, 0) is 16.2 Å². The van der Waals surface area contributed by atoms with Crippen LogP contribution in [0.5, 0.6) is 0 Å². The lowest BCUT2D eigenvalue weighted by molar-refractivity contribution is 0.100. The number of nitrogens with two attached hydrogens (primary N) is 1. The third kappa shape index (κ3) is 2.31. The molecular formula is C11H10N6O. The molecule has 1 aromatic heterocycles. The summed E-state index contributed by atoms with van der Waals surface area (Å²) in [4.78, 5) is 13.8. The Hall–Kier alpha value is -2.79. The van der Waals surface area contributed by atoms with Crippen molar-refractivity contribution < 1.29 is 4.79 Å². The van der Waals surface area contributed by atoms with E-state index in [1.165, 1.54) is 10.9 Å². The fraction of sp³-hybridized carbons (Fsp3) is 0.0909. The molecule has 2 N–H and O–H groups in total. The van der Waals surface area contributed by atoms with Crippen LogP contribution in [0.25, 0.3) is 10.4 Å². The standard InChI is InChI=1S/C11H10N6O/c12-10-9(11(18)15-16-13)6-14-17(10)7-8-4-2-1-3-5-8/h1-6H,7,12H2. The predicted octanol–water partition coefficient (Wildman–Crippen LogP) is 1.96. The van der Waals surface area contributed by atoms with Gasteiger partial charge in [0.1, 0.15) is 5.82 Å². The fourth-order valence-corrected chi connectivity index (χ4v) is 1.54. The normalized spacial score (nSPS) is 9.78. The van der Waals surface area contributed by atoms with Crippen LogP contribution >= 0.6 is 0 Å². The number of rotatable bonds is 3. The number of nitrogen functional groups attached to an aromatic ring is 1. The van der Waals surface area contributed by atoms with Gasteiger partial charge in [0.25, 0.3) is 5.91 Å². The lowest BCUT2D eigenvalue weighted by Crippen LogP contribution is -2.07. The molecule has 1 amide bonds. The number of carbonyl (C=O) groups is 1. The number of hydrogen-bond acceptors (Lipinski definition) is 3. The Morgan fingerprint density at radius 2 is 2.17 bits per heavy atom. The average Bonchev–Trinajstić information content (AvgIpc) is 2.73. The molecule has 0 aliphatic carbocycles. The predicted molar refractivity (Wildman–Crippen MR) is 65.7 cm³/mol. The first-order chi connectivity index (χ1) is 8.72. The molecular weight excluding hydrogens is 232 g/mol. The highest BCUT2D eigenvalue weighted by molar-refractivity contribution is 5.98. The van der Waals surface area contributed by atoms with E-state index in [1.807, 2.05) is 30.3 Å². The number of hydrogen-bond donors (Lipinski definition) is 1. The van der Waals surface area contributed by atoms with Crippen LogP contribution in [-0.4, -0.2) is 15.7 Å². The van der Waals surface area contributed by atoms with Crippen LogP contribution in [0.1, 0.15) is 15.9 Å². The van der Waals surface area contributed by atoms with E-state index in [4.69, 9.17) is 11.3 Å². The smallest absolute Gasteiger partial charge is 0.254 e. The second-order valence-corrected chi connectivity index (χ2v) is 3.58. The Bertz CT molecular complexity index is 612. The van der Waals surface area contributed by atoms with Crippen LogP contribution in [0.3, 0.4) is 0 Å². The quantitative estimate of drug-likeness (QED) is 0.504. The lowest BCUT2D eigenvalue weighted by Gasteiger charge is -2.04. The van der Waals surface area contributed by atoms with Crippen molar-refractivity contribution in [2.24, 2.45) is 5.11 Å². The largest absolute Gasteiger partial charge is 0.383 e. The molecule has 0 saturated heterocycles. The highest BCUT2D eigenvalue weighted by atomic mass is 16.1. The number of amides is 1. The molecule has 0 aliphatic rings. The highest BCUT2D eigenvalue weighted by Crippen LogP contribution is 2.14. The zero-order chi connectivity index (χ0) is 13.0. The van der Waals surface area contributed by atoms with Crippen LogP contribution < -0.4 is 5.73 Å². The Morgan fingerprint density at radius 1 is 1.44 bits per heavy atom. The summed E-state index contributed by atoms with van der Waals surface area (Å²) in [6.45, 7) is 0.455. The second-order valence-electron chi connectivity index (χ2n) is 3.58. The minimum atomic E-state index is -0.727. The van der Waals surface area contributed by atoms with Gasteiger partial charge in [0.05, 0.1) is 18.3 Å². The number of nitrogens with zero attached hydrogens (tertiary/aromatic N) is 5. The van der Waals surface area contributed by atoms with E-state index in [9.17, 15) is 4.79 Å². The summed E-state index contributed by atoms with van der Waals surface area (Å²) in [7, 11) is 0. The number of aromatic nitrogens is 2. The molecule has 0 saturated carbocycles. The zero-order valence-corrected chi connectivity index (χ0v) is 9.39. The van der Waals surface area contributed by atoms with Gasteiger partial charge in [-0.25, -0.2) is 4.68 Å². The molecule has 1 heterocycles. The van der Waals surface area contributed by atoms with Crippen LogP contribution in [0.15, 0.2) is 41.6 Å². The van der Waals surface area contributed by atoms with E-state index in [0.29, 0.717) is 6.54 Å². The van der Waals surface area contributed by atoms with Gasteiger partial charge in [-0.3, -0.25) is 4.79 Å². The van der Waals surface area contributed by atoms with Crippen molar-refractivity contribution in [3.63, 3.8) is 0 Å². The minimum absolute atomic E-state index is 0.115. The molecule has 18 heavy (non-hydrogen) atoms. The van der Waals surface area contributed by atoms with Crippen molar-refractivity contribution in [3.05, 3.63) is 58.1 Å². The summed E-state index contributed by atoms with van der Waals surface area (Å²) < 4.78 is 1.48. The summed E-state index contributed by atoms with van der Waals surface area (Å²) in [5.41, 5.74) is 15.1. The molecule has 0 fully saturated rings. The van der Waals surface area contributed by atoms with Gasteiger partial charge in [0, 0.05) is 4.91 Å². The fourth-order valence-electron chi connectivity index (χ4n) is 1.54. The van der Waals surface area contributed by atoms with Gasteiger partial charge in [-0.15, -0.1) is 0 Å². The molecule has 0 atom stereocenters. The molecule has 2 rings (SSSR count). The van der Waals surface area contributed by atoms with E-state index >= 15 is 0 Å². The maximum absolute atomic E-state index is 11.4. The van der Waals surface area contributed by atoms with Crippen molar-refractivity contribution in [1.82, 2.24) is 9.78 Å². The monoisotopic (exact) mass is 242 g/mol. The summed E-state index contributed by atoms with van der Waals surface area (Å²) >= 11 is 0. The number of azide groups is 1. The van der Waals surface area contributed by atoms with E-state index in [1.54, 1.807) is 0 Å². The van der Waals surface area contributed by atoms with Gasteiger partial charge in [-0.1, -0.05) is 30.3 Å². The summed E-state index contributed by atoms with van der Waals surface area (Å²) in [6, 6.07) is 9.57. The van der Waals surface area contributed by atoms with Crippen molar-refractivity contribution in [1.29, 1.82) is 0 Å². The van der Waals surface area contributed by atoms with Crippen LogP contribution in [0, 0.1) is 0 Å². The van der Waals surface area contributed by atoms with Crippen LogP contribution in [0.4, 0.5) is 5.82 Å². The van der Waals surface area contributed by atoms with Gasteiger partial charge in [-0.2, -0.15) is 5.10 Å². The highest BCUT2D eigenvalue weighted by Gasteiger charge is 2.13. The SMILES string of the molecule is [N-]=[N+]=NC(=O)c1cnn(Cc2ccccc2)c1N. The molecule has 0 aliphatic heterocycles. The topological polar surface area (TPSA) is 110 Å². The van der Waals surface area contributed by atoms with Crippen molar-refractivity contribution in [2.75, 3.05) is 5.73 Å². The first kappa shape index (κ1) is 11.7. The third-order valence-corrected chi connectivity index (χ3v) is 2.42. The molecule has 0 unspecified atom stereocenters. The zero-order valence-electron chi connectivity index (χ0n) is 9.39. The average molecular weight is 242 g/mol. The Morgan fingerprint density at radius 3 is 2.83 bits per heavy atom.